The summed E-state index contributed by atoms with van der Waals surface area (Å²) in [6, 6.07) is 17.3. The number of hydrogen-bond acceptors (Lipinski definition) is 5. The number of nitrogens with zero attached hydrogens (tertiary/aromatic N) is 2. The highest BCUT2D eigenvalue weighted by atomic mass is 16.5. The van der Waals surface area contributed by atoms with E-state index in [1.165, 1.54) is 11.1 Å². The Morgan fingerprint density at radius 1 is 1.24 bits per heavy atom. The monoisotopic (exact) mass is 393 g/mol. The molecule has 2 unspecified atom stereocenters. The third kappa shape index (κ3) is 5.80. The molecule has 0 saturated carbocycles. The van der Waals surface area contributed by atoms with Crippen molar-refractivity contribution in [1.82, 2.24) is 10.2 Å². The van der Waals surface area contributed by atoms with Gasteiger partial charge in [0.1, 0.15) is 5.75 Å². The van der Waals surface area contributed by atoms with Gasteiger partial charge in [-0.15, -0.1) is 0 Å². The van der Waals surface area contributed by atoms with Crippen LogP contribution in [-0.2, 0) is 9.53 Å². The maximum Gasteiger partial charge on any atom is 0.260 e. The molecule has 1 amide bonds. The molecule has 1 fully saturated rings. The van der Waals surface area contributed by atoms with Gasteiger partial charge in [-0.05, 0) is 43.7 Å². The first-order valence-corrected chi connectivity index (χ1v) is 9.89. The molecule has 0 radical (unpaired) electrons. The Labute approximate surface area is 172 Å². The third-order valence-electron chi connectivity index (χ3n) is 5.05. The molecular weight excluding hydrogens is 366 g/mol. The highest BCUT2D eigenvalue weighted by Gasteiger charge is 2.24. The number of benzene rings is 2. The zero-order valence-corrected chi connectivity index (χ0v) is 16.9. The number of rotatable bonds is 7. The minimum atomic E-state index is -0.634. The summed E-state index contributed by atoms with van der Waals surface area (Å²) in [5.41, 5.74) is 2.94. The number of ether oxygens (including phenoxy) is 2. The molecule has 0 bridgehead atoms. The van der Waals surface area contributed by atoms with Crippen LogP contribution in [-0.4, -0.2) is 49.8 Å². The summed E-state index contributed by atoms with van der Waals surface area (Å²) in [4.78, 5) is 15.0. The second kappa shape index (κ2) is 10.1. The quantitative estimate of drug-likeness (QED) is 0.783. The molecule has 2 aromatic carbocycles. The molecule has 1 saturated heterocycles. The van der Waals surface area contributed by atoms with Crippen LogP contribution < -0.4 is 10.1 Å². The van der Waals surface area contributed by atoms with Crippen LogP contribution >= 0.6 is 0 Å². The fraction of sp³-hybridized carbons (Fsp3) is 0.391. The van der Waals surface area contributed by atoms with E-state index in [0.717, 1.165) is 13.1 Å². The topological polar surface area (TPSA) is 74.6 Å². The predicted molar refractivity (Wildman–Crippen MR) is 111 cm³/mol. The zero-order chi connectivity index (χ0) is 20.6. The van der Waals surface area contributed by atoms with Crippen molar-refractivity contribution in [2.24, 2.45) is 0 Å². The molecule has 2 aromatic rings. The predicted octanol–water partition coefficient (Wildman–Crippen LogP) is 2.82. The molecule has 0 spiro atoms. The lowest BCUT2D eigenvalue weighted by Crippen LogP contribution is -2.45. The molecule has 1 heterocycles. The Balaban J connectivity index is 1.62. The molecule has 1 N–H and O–H groups in total. The first-order valence-electron chi connectivity index (χ1n) is 9.89. The summed E-state index contributed by atoms with van der Waals surface area (Å²) in [6.45, 7) is 7.39. The maximum absolute atomic E-state index is 12.6. The molecular formula is C23H27N3O3. The number of amides is 1. The van der Waals surface area contributed by atoms with E-state index < -0.39 is 6.10 Å². The summed E-state index contributed by atoms with van der Waals surface area (Å²) in [7, 11) is 0. The average molecular weight is 393 g/mol. The van der Waals surface area contributed by atoms with Gasteiger partial charge in [0.25, 0.3) is 5.91 Å². The molecule has 1 aliphatic rings. The van der Waals surface area contributed by atoms with Crippen LogP contribution in [0.25, 0.3) is 0 Å². The molecule has 3 rings (SSSR count). The van der Waals surface area contributed by atoms with Crippen molar-refractivity contribution in [2.75, 3.05) is 32.8 Å². The van der Waals surface area contributed by atoms with Gasteiger partial charge in [0.05, 0.1) is 30.9 Å². The zero-order valence-electron chi connectivity index (χ0n) is 16.9. The molecule has 0 aliphatic carbocycles. The highest BCUT2D eigenvalue weighted by Crippen LogP contribution is 2.22. The van der Waals surface area contributed by atoms with Crippen LogP contribution in [0.5, 0.6) is 5.75 Å². The molecule has 2 atom stereocenters. The van der Waals surface area contributed by atoms with Gasteiger partial charge in [-0.1, -0.05) is 29.8 Å². The van der Waals surface area contributed by atoms with Crippen molar-refractivity contribution in [3.05, 3.63) is 65.2 Å². The summed E-state index contributed by atoms with van der Waals surface area (Å²) >= 11 is 0. The van der Waals surface area contributed by atoms with Crippen molar-refractivity contribution in [3.63, 3.8) is 0 Å². The first kappa shape index (κ1) is 20.8. The molecule has 1 aliphatic heterocycles. The number of aryl methyl sites for hydroxylation is 1. The summed E-state index contributed by atoms with van der Waals surface area (Å²) < 4.78 is 11.2. The van der Waals surface area contributed by atoms with Crippen molar-refractivity contribution in [3.8, 4) is 11.8 Å². The van der Waals surface area contributed by atoms with E-state index in [-0.39, 0.29) is 11.9 Å². The highest BCUT2D eigenvalue weighted by molar-refractivity contribution is 5.80. The van der Waals surface area contributed by atoms with E-state index in [1.807, 2.05) is 0 Å². The van der Waals surface area contributed by atoms with Crippen LogP contribution in [0.4, 0.5) is 0 Å². The lowest BCUT2D eigenvalue weighted by molar-refractivity contribution is -0.127. The summed E-state index contributed by atoms with van der Waals surface area (Å²) in [5.74, 6) is 0.398. The maximum atomic E-state index is 12.6. The first-order chi connectivity index (χ1) is 14.1. The normalized spacial score (nSPS) is 16.4. The lowest BCUT2D eigenvalue weighted by Gasteiger charge is -2.35. The van der Waals surface area contributed by atoms with Crippen LogP contribution in [0.3, 0.4) is 0 Å². The number of morpholine rings is 1. The number of carbonyl (C=O) groups is 1. The van der Waals surface area contributed by atoms with Crippen LogP contribution in [0.2, 0.25) is 0 Å². The fourth-order valence-electron chi connectivity index (χ4n) is 3.43. The summed E-state index contributed by atoms with van der Waals surface area (Å²) in [5, 5.41) is 11.9. The summed E-state index contributed by atoms with van der Waals surface area (Å²) in [6.07, 6.45) is -0.634. The minimum absolute atomic E-state index is 0.0878. The Morgan fingerprint density at radius 2 is 1.97 bits per heavy atom. The van der Waals surface area contributed by atoms with Crippen molar-refractivity contribution in [2.45, 2.75) is 26.0 Å². The fourth-order valence-corrected chi connectivity index (χ4v) is 3.43. The Hall–Kier alpha value is -2.88. The molecule has 152 valence electrons. The number of carbonyl (C=O) groups excluding carboxylic acids is 1. The lowest BCUT2D eigenvalue weighted by atomic mass is 10.0. The van der Waals surface area contributed by atoms with Gasteiger partial charge in [-0.2, -0.15) is 5.26 Å². The van der Waals surface area contributed by atoms with E-state index in [4.69, 9.17) is 14.7 Å². The SMILES string of the molecule is Cc1cccc(C(CNC(=O)C(C)Oc2ccc(C#N)cc2)N2CCOCC2)c1. The molecule has 29 heavy (non-hydrogen) atoms. The largest absolute Gasteiger partial charge is 0.481 e. The van der Waals surface area contributed by atoms with Gasteiger partial charge in [-0.3, -0.25) is 9.69 Å². The molecule has 0 aromatic heterocycles. The van der Waals surface area contributed by atoms with Gasteiger partial charge in [0.2, 0.25) is 0 Å². The Kier molecular flexibility index (Phi) is 7.23. The van der Waals surface area contributed by atoms with Gasteiger partial charge < -0.3 is 14.8 Å². The van der Waals surface area contributed by atoms with Gasteiger partial charge in [0, 0.05) is 19.6 Å². The standard InChI is InChI=1S/C23H27N3O3/c1-17-4-3-5-20(14-17)22(26-10-12-28-13-11-26)16-25-23(27)18(2)29-21-8-6-19(15-24)7-9-21/h3-9,14,18,22H,10-13,16H2,1-2H3,(H,25,27). The second-order valence-corrected chi connectivity index (χ2v) is 7.22. The number of nitrogens with one attached hydrogen (secondary N) is 1. The van der Waals surface area contributed by atoms with E-state index in [2.05, 4.69) is 47.5 Å². The smallest absolute Gasteiger partial charge is 0.260 e. The van der Waals surface area contributed by atoms with Gasteiger partial charge in [-0.25, -0.2) is 0 Å². The van der Waals surface area contributed by atoms with Gasteiger partial charge in [0.15, 0.2) is 6.10 Å². The van der Waals surface area contributed by atoms with E-state index >= 15 is 0 Å². The van der Waals surface area contributed by atoms with E-state index in [0.29, 0.717) is 31.1 Å². The second-order valence-electron chi connectivity index (χ2n) is 7.22. The Morgan fingerprint density at radius 3 is 2.62 bits per heavy atom. The van der Waals surface area contributed by atoms with Crippen LogP contribution in [0, 0.1) is 18.3 Å². The number of nitriles is 1. The molecule has 6 nitrogen and oxygen atoms in total. The van der Waals surface area contributed by atoms with E-state index in [9.17, 15) is 4.79 Å². The van der Waals surface area contributed by atoms with Crippen LogP contribution in [0.15, 0.2) is 48.5 Å². The third-order valence-corrected chi connectivity index (χ3v) is 5.05. The Bertz CT molecular complexity index is 854. The van der Waals surface area contributed by atoms with Crippen LogP contribution in [0.1, 0.15) is 29.7 Å². The molecule has 6 heteroatoms. The van der Waals surface area contributed by atoms with Crippen molar-refractivity contribution >= 4 is 5.91 Å². The number of hydrogen-bond donors (Lipinski definition) is 1. The average Bonchev–Trinajstić information content (AvgIpc) is 2.75. The van der Waals surface area contributed by atoms with Crippen molar-refractivity contribution < 1.29 is 14.3 Å². The van der Waals surface area contributed by atoms with Crippen molar-refractivity contribution in [1.29, 1.82) is 5.26 Å². The van der Waals surface area contributed by atoms with Gasteiger partial charge >= 0.3 is 0 Å². The van der Waals surface area contributed by atoms with E-state index in [1.54, 1.807) is 31.2 Å². The minimum Gasteiger partial charge on any atom is -0.481 e.